The van der Waals surface area contributed by atoms with Crippen molar-refractivity contribution in [2.75, 3.05) is 0 Å². The van der Waals surface area contributed by atoms with Gasteiger partial charge >= 0.3 is 17.9 Å². The molecule has 2 aliphatic heterocycles. The Morgan fingerprint density at radius 3 is 2.65 bits per heavy atom. The molecule has 0 saturated carbocycles. The second kappa shape index (κ2) is 6.94. The summed E-state index contributed by atoms with van der Waals surface area (Å²) in [5.74, 6) is -2.01. The van der Waals surface area contributed by atoms with Crippen LogP contribution >= 0.6 is 0 Å². The second-order valence-corrected chi connectivity index (χ2v) is 6.88. The predicted octanol–water partition coefficient (Wildman–Crippen LogP) is 2.55. The van der Waals surface area contributed by atoms with Crippen molar-refractivity contribution in [2.24, 2.45) is 5.92 Å². The Bertz CT molecular complexity index is 756. The monoisotopic (exact) mass is 358 g/mol. The van der Waals surface area contributed by atoms with E-state index in [0.29, 0.717) is 24.0 Å². The lowest BCUT2D eigenvalue weighted by molar-refractivity contribution is -0.146. The number of hydrogen-bond acceptors (Lipinski definition) is 6. The standard InChI is InChI=1S/C20H22O6/c1-5-11(3)18(21)25-15-7-10(2)6-14-8-13(20(23)24-14)9-16-17(15)12(4)19(22)26-16/h7-8,14-17H,3-6,9H2,1-2H3/b10-7+/t14-,15-,16+,17+/m1/s1. The van der Waals surface area contributed by atoms with Crippen molar-refractivity contribution in [1.82, 2.24) is 0 Å². The zero-order valence-corrected chi connectivity index (χ0v) is 14.9. The Morgan fingerprint density at radius 2 is 1.96 bits per heavy atom. The lowest BCUT2D eigenvalue weighted by Crippen LogP contribution is -2.33. The summed E-state index contributed by atoms with van der Waals surface area (Å²) < 4.78 is 16.4. The quantitative estimate of drug-likeness (QED) is 0.334. The van der Waals surface area contributed by atoms with Crippen molar-refractivity contribution in [1.29, 1.82) is 0 Å². The van der Waals surface area contributed by atoms with Crippen LogP contribution in [-0.4, -0.2) is 36.2 Å². The van der Waals surface area contributed by atoms with E-state index in [4.69, 9.17) is 14.2 Å². The molecule has 3 aliphatic rings. The van der Waals surface area contributed by atoms with E-state index in [0.717, 1.165) is 5.57 Å². The van der Waals surface area contributed by atoms with Crippen LogP contribution in [-0.2, 0) is 28.6 Å². The Labute approximate surface area is 152 Å². The molecule has 2 bridgehead atoms. The molecule has 1 saturated heterocycles. The number of fused-ring (bicyclic) bond motifs is 2. The van der Waals surface area contributed by atoms with E-state index in [9.17, 15) is 14.4 Å². The van der Waals surface area contributed by atoms with E-state index in [-0.39, 0.29) is 18.1 Å². The Kier molecular flexibility index (Phi) is 4.85. The highest BCUT2D eigenvalue weighted by Gasteiger charge is 2.46. The minimum absolute atomic E-state index is 0.209. The number of carbonyl (C=O) groups excluding carboxylic acids is 3. The summed E-state index contributed by atoms with van der Waals surface area (Å²) >= 11 is 0. The van der Waals surface area contributed by atoms with Crippen LogP contribution in [0.4, 0.5) is 0 Å². The summed E-state index contributed by atoms with van der Waals surface area (Å²) in [6, 6.07) is 0. The van der Waals surface area contributed by atoms with Crippen molar-refractivity contribution >= 4 is 17.9 Å². The minimum Gasteiger partial charge on any atom is -0.458 e. The Morgan fingerprint density at radius 1 is 1.23 bits per heavy atom. The zero-order valence-electron chi connectivity index (χ0n) is 14.9. The van der Waals surface area contributed by atoms with E-state index < -0.39 is 36.0 Å². The SMILES string of the molecule is C=C(CC)C(=O)O[C@@H]1/C=C(\C)C[C@@H]2C=C(C[C@@H]3OC(=O)C(=C)[C@H]31)C(=O)O2. The molecule has 26 heavy (non-hydrogen) atoms. The molecule has 6 nitrogen and oxygen atoms in total. The summed E-state index contributed by atoms with van der Waals surface area (Å²) in [4.78, 5) is 36.4. The second-order valence-electron chi connectivity index (χ2n) is 6.88. The zero-order chi connectivity index (χ0) is 19.0. The summed E-state index contributed by atoms with van der Waals surface area (Å²) in [5, 5.41) is 0. The van der Waals surface area contributed by atoms with Crippen molar-refractivity contribution in [3.05, 3.63) is 47.6 Å². The van der Waals surface area contributed by atoms with Crippen molar-refractivity contribution in [3.63, 3.8) is 0 Å². The van der Waals surface area contributed by atoms with Crippen LogP contribution in [0.15, 0.2) is 47.6 Å². The lowest BCUT2D eigenvalue weighted by Gasteiger charge is -2.26. The van der Waals surface area contributed by atoms with E-state index in [1.807, 2.05) is 13.8 Å². The maximum Gasteiger partial charge on any atom is 0.334 e. The summed E-state index contributed by atoms with van der Waals surface area (Å²) in [6.45, 7) is 11.2. The summed E-state index contributed by atoms with van der Waals surface area (Å²) in [6.07, 6.45) is 3.03. The molecule has 6 heteroatoms. The molecule has 0 radical (unpaired) electrons. The van der Waals surface area contributed by atoms with Crippen LogP contribution in [0.3, 0.4) is 0 Å². The predicted molar refractivity (Wildman–Crippen MR) is 92.8 cm³/mol. The van der Waals surface area contributed by atoms with Crippen LogP contribution in [0.25, 0.3) is 0 Å². The van der Waals surface area contributed by atoms with Crippen molar-refractivity contribution < 1.29 is 28.6 Å². The maximum atomic E-state index is 12.3. The summed E-state index contributed by atoms with van der Waals surface area (Å²) in [7, 11) is 0. The van der Waals surface area contributed by atoms with Gasteiger partial charge in [-0.2, -0.15) is 0 Å². The molecule has 2 heterocycles. The molecular weight excluding hydrogens is 336 g/mol. The molecule has 138 valence electrons. The molecule has 4 atom stereocenters. The van der Waals surface area contributed by atoms with Crippen molar-refractivity contribution in [2.45, 2.75) is 51.4 Å². The van der Waals surface area contributed by atoms with Gasteiger partial charge in [0.15, 0.2) is 0 Å². The molecule has 0 aromatic heterocycles. The average molecular weight is 358 g/mol. The molecule has 0 aromatic rings. The van der Waals surface area contributed by atoms with Crippen molar-refractivity contribution in [3.8, 4) is 0 Å². The van der Waals surface area contributed by atoms with Crippen LogP contribution < -0.4 is 0 Å². The topological polar surface area (TPSA) is 78.9 Å². The van der Waals surface area contributed by atoms with E-state index in [1.54, 1.807) is 12.2 Å². The third-order valence-electron chi connectivity index (χ3n) is 4.94. The number of ether oxygens (including phenoxy) is 3. The largest absolute Gasteiger partial charge is 0.458 e. The van der Waals surface area contributed by atoms with Gasteiger partial charge in [0.05, 0.1) is 5.92 Å². The van der Waals surface area contributed by atoms with E-state index >= 15 is 0 Å². The van der Waals surface area contributed by atoms with Gasteiger partial charge in [0, 0.05) is 29.6 Å². The van der Waals surface area contributed by atoms with E-state index in [2.05, 4.69) is 13.2 Å². The normalized spacial score (nSPS) is 32.6. The first-order chi connectivity index (χ1) is 12.3. The highest BCUT2D eigenvalue weighted by Crippen LogP contribution is 2.38. The third-order valence-corrected chi connectivity index (χ3v) is 4.94. The molecule has 1 aliphatic carbocycles. The highest BCUT2D eigenvalue weighted by atomic mass is 16.6. The first-order valence-electron chi connectivity index (χ1n) is 8.67. The fraction of sp³-hybridized carbons (Fsp3) is 0.450. The fourth-order valence-electron chi connectivity index (χ4n) is 3.46. The number of esters is 3. The van der Waals surface area contributed by atoms with Gasteiger partial charge in [-0.25, -0.2) is 14.4 Å². The van der Waals surface area contributed by atoms with Gasteiger partial charge in [0.2, 0.25) is 0 Å². The van der Waals surface area contributed by atoms with Crippen LogP contribution in [0.5, 0.6) is 0 Å². The van der Waals surface area contributed by atoms with Gasteiger partial charge in [-0.15, -0.1) is 0 Å². The van der Waals surface area contributed by atoms with Gasteiger partial charge in [-0.1, -0.05) is 25.7 Å². The Balaban J connectivity index is 1.97. The molecule has 0 spiro atoms. The van der Waals surface area contributed by atoms with Gasteiger partial charge in [0.1, 0.15) is 18.3 Å². The minimum atomic E-state index is -0.719. The molecule has 0 unspecified atom stereocenters. The molecule has 3 rings (SSSR count). The Hall–Kier alpha value is -2.63. The highest BCUT2D eigenvalue weighted by molar-refractivity contribution is 5.93. The summed E-state index contributed by atoms with van der Waals surface area (Å²) in [5.41, 5.74) is 1.95. The molecular formula is C20H22O6. The maximum absolute atomic E-state index is 12.3. The molecule has 0 amide bonds. The van der Waals surface area contributed by atoms with Gasteiger partial charge in [-0.05, 0) is 25.5 Å². The van der Waals surface area contributed by atoms with Crippen LogP contribution in [0, 0.1) is 5.92 Å². The molecule has 0 N–H and O–H groups in total. The van der Waals surface area contributed by atoms with Gasteiger partial charge in [0.25, 0.3) is 0 Å². The molecule has 1 fully saturated rings. The third kappa shape index (κ3) is 3.36. The van der Waals surface area contributed by atoms with E-state index in [1.165, 1.54) is 0 Å². The smallest absolute Gasteiger partial charge is 0.334 e. The number of carbonyl (C=O) groups is 3. The first-order valence-corrected chi connectivity index (χ1v) is 8.67. The first kappa shape index (κ1) is 18.2. The average Bonchev–Trinajstić information content (AvgIpc) is 3.05. The van der Waals surface area contributed by atoms with Crippen LogP contribution in [0.2, 0.25) is 0 Å². The lowest BCUT2D eigenvalue weighted by atomic mass is 9.85. The number of hydrogen-bond donors (Lipinski definition) is 0. The van der Waals surface area contributed by atoms with Gasteiger partial charge in [-0.3, -0.25) is 0 Å². The number of rotatable bonds is 3. The van der Waals surface area contributed by atoms with Crippen LogP contribution in [0.1, 0.15) is 33.1 Å². The molecule has 0 aromatic carbocycles. The fourth-order valence-corrected chi connectivity index (χ4v) is 3.46. The van der Waals surface area contributed by atoms with Gasteiger partial charge < -0.3 is 14.2 Å².